The van der Waals surface area contributed by atoms with Crippen LogP contribution in [0.2, 0.25) is 0 Å². The minimum Gasteiger partial charge on any atom is -0.396 e. The second-order valence-corrected chi connectivity index (χ2v) is 5.73. The van der Waals surface area contributed by atoms with Gasteiger partial charge in [-0.3, -0.25) is 4.90 Å². The zero-order valence-electron chi connectivity index (χ0n) is 10.7. The van der Waals surface area contributed by atoms with Crippen molar-refractivity contribution in [2.45, 2.75) is 19.4 Å². The molecule has 5 nitrogen and oxygen atoms in total. The van der Waals surface area contributed by atoms with Gasteiger partial charge in [0.25, 0.3) is 0 Å². The van der Waals surface area contributed by atoms with Crippen molar-refractivity contribution in [2.24, 2.45) is 5.92 Å². The Morgan fingerprint density at radius 2 is 2.47 bits per heavy atom. The first-order chi connectivity index (χ1) is 9.35. The van der Waals surface area contributed by atoms with Gasteiger partial charge in [0, 0.05) is 24.1 Å². The van der Waals surface area contributed by atoms with Crippen molar-refractivity contribution in [3.63, 3.8) is 0 Å². The van der Waals surface area contributed by atoms with E-state index in [9.17, 15) is 5.11 Å². The number of aliphatic hydroxyl groups is 1. The summed E-state index contributed by atoms with van der Waals surface area (Å²) in [5.74, 6) is 1.69. The number of aromatic nitrogens is 2. The number of hydrogen-bond acceptors (Lipinski definition) is 6. The Labute approximate surface area is 115 Å². The van der Waals surface area contributed by atoms with Crippen LogP contribution < -0.4 is 0 Å². The second kappa shape index (κ2) is 5.81. The fourth-order valence-electron chi connectivity index (χ4n) is 2.46. The minimum absolute atomic E-state index is 0.264. The van der Waals surface area contributed by atoms with Gasteiger partial charge in [0.2, 0.25) is 11.7 Å². The average Bonchev–Trinajstić information content (AvgIpc) is 3.09. The lowest BCUT2D eigenvalue weighted by atomic mass is 9.99. The number of thiophene rings is 1. The SMILES string of the molecule is OCC1CCCN(Cc2nc(-c3ccsc3)no2)C1. The molecule has 0 radical (unpaired) electrons. The van der Waals surface area contributed by atoms with Crippen LogP contribution in [0.15, 0.2) is 21.3 Å². The Hall–Kier alpha value is -1.24. The summed E-state index contributed by atoms with van der Waals surface area (Å²) in [4.78, 5) is 6.70. The molecule has 0 spiro atoms. The molecular formula is C13H17N3O2S. The summed E-state index contributed by atoms with van der Waals surface area (Å²) < 4.78 is 5.30. The van der Waals surface area contributed by atoms with Gasteiger partial charge in [-0.15, -0.1) is 0 Å². The molecule has 3 heterocycles. The summed E-state index contributed by atoms with van der Waals surface area (Å²) in [6.07, 6.45) is 2.23. The van der Waals surface area contributed by atoms with Crippen molar-refractivity contribution in [3.8, 4) is 11.4 Å². The first-order valence-corrected chi connectivity index (χ1v) is 7.48. The van der Waals surface area contributed by atoms with E-state index in [2.05, 4.69) is 15.0 Å². The molecule has 0 bridgehead atoms. The number of rotatable bonds is 4. The van der Waals surface area contributed by atoms with Gasteiger partial charge in [0.1, 0.15) is 0 Å². The lowest BCUT2D eigenvalue weighted by Crippen LogP contribution is -2.36. The van der Waals surface area contributed by atoms with Crippen LogP contribution in [0.25, 0.3) is 11.4 Å². The van der Waals surface area contributed by atoms with Crippen LogP contribution in [0.4, 0.5) is 0 Å². The first-order valence-electron chi connectivity index (χ1n) is 6.53. The van der Waals surface area contributed by atoms with Gasteiger partial charge in [-0.25, -0.2) is 0 Å². The van der Waals surface area contributed by atoms with Gasteiger partial charge in [-0.2, -0.15) is 16.3 Å². The highest BCUT2D eigenvalue weighted by Crippen LogP contribution is 2.21. The average molecular weight is 279 g/mol. The lowest BCUT2D eigenvalue weighted by molar-refractivity contribution is 0.107. The van der Waals surface area contributed by atoms with Crippen LogP contribution in [0.5, 0.6) is 0 Å². The van der Waals surface area contributed by atoms with E-state index in [0.29, 0.717) is 24.2 Å². The van der Waals surface area contributed by atoms with Crippen LogP contribution in [-0.4, -0.2) is 39.8 Å². The molecule has 6 heteroatoms. The number of hydrogen-bond donors (Lipinski definition) is 1. The van der Waals surface area contributed by atoms with Crippen molar-refractivity contribution in [1.82, 2.24) is 15.0 Å². The summed E-state index contributed by atoms with van der Waals surface area (Å²) in [6, 6.07) is 1.99. The van der Waals surface area contributed by atoms with Gasteiger partial charge in [0.05, 0.1) is 6.54 Å². The molecule has 1 fully saturated rings. The predicted molar refractivity (Wildman–Crippen MR) is 72.7 cm³/mol. The summed E-state index contributed by atoms with van der Waals surface area (Å²) in [7, 11) is 0. The Morgan fingerprint density at radius 3 is 3.26 bits per heavy atom. The van der Waals surface area contributed by atoms with Crippen molar-refractivity contribution >= 4 is 11.3 Å². The van der Waals surface area contributed by atoms with Crippen molar-refractivity contribution < 1.29 is 9.63 Å². The third kappa shape index (κ3) is 3.02. The molecule has 0 saturated carbocycles. The van der Waals surface area contributed by atoms with Gasteiger partial charge in [-0.05, 0) is 36.8 Å². The van der Waals surface area contributed by atoms with E-state index in [4.69, 9.17) is 4.52 Å². The molecule has 102 valence electrons. The molecule has 1 unspecified atom stereocenters. The Morgan fingerprint density at radius 1 is 1.53 bits per heavy atom. The topological polar surface area (TPSA) is 62.4 Å². The fourth-order valence-corrected chi connectivity index (χ4v) is 3.10. The van der Waals surface area contributed by atoms with Gasteiger partial charge < -0.3 is 9.63 Å². The lowest BCUT2D eigenvalue weighted by Gasteiger charge is -2.30. The molecule has 0 amide bonds. The van der Waals surface area contributed by atoms with E-state index >= 15 is 0 Å². The molecule has 1 atom stereocenters. The summed E-state index contributed by atoms with van der Waals surface area (Å²) in [6.45, 7) is 2.88. The molecule has 1 aliphatic rings. The maximum absolute atomic E-state index is 9.23. The van der Waals surface area contributed by atoms with Crippen LogP contribution in [0.1, 0.15) is 18.7 Å². The fraction of sp³-hybridized carbons (Fsp3) is 0.538. The highest BCUT2D eigenvalue weighted by atomic mass is 32.1. The first kappa shape index (κ1) is 12.8. The molecule has 1 aliphatic heterocycles. The largest absolute Gasteiger partial charge is 0.396 e. The Bertz CT molecular complexity index is 512. The zero-order chi connectivity index (χ0) is 13.1. The standard InChI is InChI=1S/C13H17N3O2S/c17-8-10-2-1-4-16(6-10)7-12-14-13(15-18-12)11-3-5-19-9-11/h3,5,9-10,17H,1-2,4,6-8H2. The van der Waals surface area contributed by atoms with Gasteiger partial charge >= 0.3 is 0 Å². The summed E-state index contributed by atoms with van der Waals surface area (Å²) in [5, 5.41) is 17.2. The number of piperidine rings is 1. The van der Waals surface area contributed by atoms with E-state index < -0.39 is 0 Å². The molecule has 3 rings (SSSR count). The van der Waals surface area contributed by atoms with E-state index in [0.717, 1.165) is 31.5 Å². The third-order valence-electron chi connectivity index (χ3n) is 3.47. The maximum Gasteiger partial charge on any atom is 0.241 e. The van der Waals surface area contributed by atoms with E-state index in [1.807, 2.05) is 16.8 Å². The minimum atomic E-state index is 0.264. The van der Waals surface area contributed by atoms with Crippen molar-refractivity contribution in [2.75, 3.05) is 19.7 Å². The number of nitrogens with zero attached hydrogens (tertiary/aromatic N) is 3. The second-order valence-electron chi connectivity index (χ2n) is 4.95. The zero-order valence-corrected chi connectivity index (χ0v) is 11.5. The Balaban J connectivity index is 1.64. The highest BCUT2D eigenvalue weighted by Gasteiger charge is 2.21. The molecule has 1 N–H and O–H groups in total. The van der Waals surface area contributed by atoms with E-state index in [1.165, 1.54) is 0 Å². The third-order valence-corrected chi connectivity index (χ3v) is 4.15. The quantitative estimate of drug-likeness (QED) is 0.927. The maximum atomic E-state index is 9.23. The monoisotopic (exact) mass is 279 g/mol. The van der Waals surface area contributed by atoms with Gasteiger partial charge in [0.15, 0.2) is 0 Å². The van der Waals surface area contributed by atoms with Crippen LogP contribution in [-0.2, 0) is 6.54 Å². The van der Waals surface area contributed by atoms with Crippen molar-refractivity contribution in [1.29, 1.82) is 0 Å². The van der Waals surface area contributed by atoms with E-state index in [-0.39, 0.29) is 6.61 Å². The molecule has 2 aromatic heterocycles. The smallest absolute Gasteiger partial charge is 0.241 e. The molecule has 0 aromatic carbocycles. The van der Waals surface area contributed by atoms with Crippen molar-refractivity contribution in [3.05, 3.63) is 22.7 Å². The summed E-state index contributed by atoms with van der Waals surface area (Å²) in [5.41, 5.74) is 1.01. The molecule has 2 aromatic rings. The molecular weight excluding hydrogens is 262 g/mol. The molecule has 19 heavy (non-hydrogen) atoms. The van der Waals surface area contributed by atoms with Gasteiger partial charge in [-0.1, -0.05) is 5.16 Å². The molecule has 0 aliphatic carbocycles. The Kier molecular flexibility index (Phi) is 3.91. The highest BCUT2D eigenvalue weighted by molar-refractivity contribution is 7.08. The molecule has 1 saturated heterocycles. The number of aliphatic hydroxyl groups excluding tert-OH is 1. The van der Waals surface area contributed by atoms with E-state index in [1.54, 1.807) is 11.3 Å². The van der Waals surface area contributed by atoms with Crippen LogP contribution in [0, 0.1) is 5.92 Å². The normalized spacial score (nSPS) is 20.8. The number of likely N-dealkylation sites (tertiary alicyclic amines) is 1. The summed E-state index contributed by atoms with van der Waals surface area (Å²) >= 11 is 1.62. The van der Waals surface area contributed by atoms with Crippen LogP contribution in [0.3, 0.4) is 0 Å². The predicted octanol–water partition coefficient (Wildman–Crippen LogP) is 2.00. The van der Waals surface area contributed by atoms with Crippen LogP contribution >= 0.6 is 11.3 Å².